The molecular weight excluding hydrogens is 714 g/mol. The maximum Gasteiger partial charge on any atom is 0.411 e. The summed E-state index contributed by atoms with van der Waals surface area (Å²) in [5.41, 5.74) is 1.43. The summed E-state index contributed by atoms with van der Waals surface area (Å²) in [4.78, 5) is 54.4. The number of benzene rings is 2. The summed E-state index contributed by atoms with van der Waals surface area (Å²) >= 11 is 0. The van der Waals surface area contributed by atoms with Crippen LogP contribution in [0.5, 0.6) is 0 Å². The smallest absolute Gasteiger partial charge is 0.411 e. The summed E-state index contributed by atoms with van der Waals surface area (Å²) in [6.07, 6.45) is 4.19. The normalized spacial score (nSPS) is 19.1. The van der Waals surface area contributed by atoms with Crippen LogP contribution >= 0.6 is 0 Å². The number of likely N-dealkylation sites (N-methyl/N-ethyl adjacent to an activating group) is 1. The predicted octanol–water partition coefficient (Wildman–Crippen LogP) is 6.39. The first-order valence-corrected chi connectivity index (χ1v) is 19.4. The number of nitrogens with one attached hydrogen (secondary N) is 1. The molecule has 2 aromatic rings. The van der Waals surface area contributed by atoms with Crippen molar-refractivity contribution in [2.45, 2.75) is 122 Å². The van der Waals surface area contributed by atoms with Crippen molar-refractivity contribution < 1.29 is 38.1 Å². The Bertz CT molecular complexity index is 1540. The molecule has 2 amide bonds. The fourth-order valence-corrected chi connectivity index (χ4v) is 6.48. The van der Waals surface area contributed by atoms with Gasteiger partial charge in [-0.15, -0.1) is 0 Å². The summed E-state index contributed by atoms with van der Waals surface area (Å²) in [5.74, 6) is -0.787. The Labute approximate surface area is 334 Å². The monoisotopic (exact) mass is 779 g/mol. The fourth-order valence-electron chi connectivity index (χ4n) is 6.48. The van der Waals surface area contributed by atoms with Crippen LogP contribution in [0.1, 0.15) is 85.3 Å². The molecule has 0 aliphatic carbocycles. The Morgan fingerprint density at radius 2 is 1.18 bits per heavy atom. The van der Waals surface area contributed by atoms with E-state index in [2.05, 4.69) is 46.6 Å². The van der Waals surface area contributed by atoms with Crippen molar-refractivity contribution in [3.63, 3.8) is 0 Å². The highest BCUT2D eigenvalue weighted by Gasteiger charge is 2.44. The minimum absolute atomic E-state index is 0.0578. The number of esters is 2. The second kappa shape index (κ2) is 23.4. The molecule has 4 rings (SSSR count). The molecule has 13 heteroatoms. The number of nitriles is 1. The Balaban J connectivity index is 0.000000362. The van der Waals surface area contributed by atoms with Gasteiger partial charge in [0.2, 0.25) is 0 Å². The van der Waals surface area contributed by atoms with Crippen molar-refractivity contribution in [2.75, 3.05) is 47.4 Å². The number of carbonyl (C=O) groups is 4. The summed E-state index contributed by atoms with van der Waals surface area (Å²) in [5, 5.41) is 10.8. The lowest BCUT2D eigenvalue weighted by atomic mass is 10.1. The van der Waals surface area contributed by atoms with Crippen LogP contribution in [0.15, 0.2) is 60.7 Å². The lowest BCUT2D eigenvalue weighted by Gasteiger charge is -2.28. The highest BCUT2D eigenvalue weighted by atomic mass is 16.6. The number of nitrogens with zero attached hydrogens (tertiary/aromatic N) is 4. The maximum absolute atomic E-state index is 12.5. The van der Waals surface area contributed by atoms with E-state index in [1.165, 1.54) is 42.1 Å². The summed E-state index contributed by atoms with van der Waals surface area (Å²) in [6, 6.07) is 21.4. The molecule has 13 nitrogen and oxygen atoms in total. The fraction of sp³-hybridized carbons (Fsp3) is 0.605. The van der Waals surface area contributed by atoms with Gasteiger partial charge in [-0.05, 0) is 111 Å². The first kappa shape index (κ1) is 47.5. The van der Waals surface area contributed by atoms with Gasteiger partial charge in [-0.25, -0.2) is 19.2 Å². The zero-order valence-electron chi connectivity index (χ0n) is 35.2. The predicted molar refractivity (Wildman–Crippen MR) is 216 cm³/mol. The second-order valence-electron chi connectivity index (χ2n) is 16.0. The third-order valence-corrected chi connectivity index (χ3v) is 9.14. The molecule has 2 aliphatic heterocycles. The average Bonchev–Trinajstić information content (AvgIpc) is 3.79. The van der Waals surface area contributed by atoms with Crippen molar-refractivity contribution in [3.8, 4) is 6.07 Å². The third-order valence-electron chi connectivity index (χ3n) is 9.14. The highest BCUT2D eigenvalue weighted by Crippen LogP contribution is 2.26. The Hall–Kier alpha value is -4.67. The molecule has 2 saturated heterocycles. The minimum atomic E-state index is -0.600. The van der Waals surface area contributed by atoms with Gasteiger partial charge in [0.15, 0.2) is 0 Å². The van der Waals surface area contributed by atoms with E-state index in [4.69, 9.17) is 24.2 Å². The van der Waals surface area contributed by atoms with Gasteiger partial charge in [0.25, 0.3) is 0 Å². The second-order valence-corrected chi connectivity index (χ2v) is 16.0. The van der Waals surface area contributed by atoms with Crippen molar-refractivity contribution >= 4 is 24.1 Å². The van der Waals surface area contributed by atoms with Gasteiger partial charge < -0.3 is 29.2 Å². The highest BCUT2D eigenvalue weighted by molar-refractivity contribution is 5.83. The lowest BCUT2D eigenvalue weighted by Crippen LogP contribution is -2.44. The molecule has 0 unspecified atom stereocenters. The number of rotatable bonds is 12. The van der Waals surface area contributed by atoms with Crippen LogP contribution in [0.3, 0.4) is 0 Å². The van der Waals surface area contributed by atoms with Crippen molar-refractivity contribution in [3.05, 3.63) is 71.8 Å². The molecular formula is C43H65N5O8. The van der Waals surface area contributed by atoms with Crippen molar-refractivity contribution in [1.82, 2.24) is 20.0 Å². The molecule has 310 valence electrons. The number of ether oxygens (including phenoxy) is 4. The number of hydrogen-bond donors (Lipinski definition) is 1. The van der Waals surface area contributed by atoms with Gasteiger partial charge in [0.1, 0.15) is 23.3 Å². The van der Waals surface area contributed by atoms with E-state index in [9.17, 15) is 19.2 Å². The molecule has 2 aliphatic rings. The molecule has 56 heavy (non-hydrogen) atoms. The molecule has 2 heterocycles. The summed E-state index contributed by atoms with van der Waals surface area (Å²) < 4.78 is 20.7. The van der Waals surface area contributed by atoms with Crippen LogP contribution in [-0.2, 0) is 41.4 Å². The Kier molecular flexibility index (Phi) is 19.8. The van der Waals surface area contributed by atoms with Gasteiger partial charge in [0.05, 0.1) is 20.3 Å². The molecule has 0 bridgehead atoms. The molecule has 0 radical (unpaired) electrons. The summed E-state index contributed by atoms with van der Waals surface area (Å²) in [7, 11) is 4.74. The van der Waals surface area contributed by atoms with Crippen LogP contribution in [0.4, 0.5) is 9.59 Å². The first-order valence-electron chi connectivity index (χ1n) is 19.4. The van der Waals surface area contributed by atoms with Crippen LogP contribution in [0.25, 0.3) is 0 Å². The van der Waals surface area contributed by atoms with E-state index < -0.39 is 41.4 Å². The van der Waals surface area contributed by atoms with Crippen LogP contribution < -0.4 is 5.32 Å². The number of amides is 2. The number of likely N-dealkylation sites (tertiary alicyclic amines) is 2. The molecule has 0 aromatic heterocycles. The molecule has 0 spiro atoms. The number of methoxy groups -OCH3 is 2. The third kappa shape index (κ3) is 17.0. The van der Waals surface area contributed by atoms with E-state index in [0.717, 1.165) is 38.8 Å². The minimum Gasteiger partial charge on any atom is -0.467 e. The van der Waals surface area contributed by atoms with Gasteiger partial charge in [0, 0.05) is 32.1 Å². The Morgan fingerprint density at radius 3 is 1.62 bits per heavy atom. The average molecular weight is 780 g/mol. The topological polar surface area (TPSA) is 151 Å². The summed E-state index contributed by atoms with van der Waals surface area (Å²) in [6.45, 7) is 15.0. The Morgan fingerprint density at radius 1 is 0.750 bits per heavy atom. The van der Waals surface area contributed by atoms with Gasteiger partial charge >= 0.3 is 24.1 Å². The molecule has 4 atom stereocenters. The number of hydrogen-bond acceptors (Lipinski definition) is 11. The zero-order valence-corrected chi connectivity index (χ0v) is 35.2. The van der Waals surface area contributed by atoms with E-state index in [1.807, 2.05) is 72.9 Å². The van der Waals surface area contributed by atoms with Crippen LogP contribution in [-0.4, -0.2) is 122 Å². The van der Waals surface area contributed by atoms with Crippen LogP contribution in [0, 0.1) is 11.3 Å². The lowest BCUT2D eigenvalue weighted by molar-refractivity contribution is -0.146. The van der Waals surface area contributed by atoms with E-state index in [0.29, 0.717) is 25.9 Å². The van der Waals surface area contributed by atoms with Crippen molar-refractivity contribution in [1.29, 1.82) is 5.26 Å². The van der Waals surface area contributed by atoms with Gasteiger partial charge in [-0.3, -0.25) is 9.80 Å². The van der Waals surface area contributed by atoms with Crippen LogP contribution in [0.2, 0.25) is 0 Å². The van der Waals surface area contributed by atoms with E-state index in [-0.39, 0.29) is 18.1 Å². The number of aryl methyl sites for hydroxylation is 2. The molecule has 2 aromatic carbocycles. The van der Waals surface area contributed by atoms with Gasteiger partial charge in [-0.1, -0.05) is 60.7 Å². The van der Waals surface area contributed by atoms with E-state index >= 15 is 0 Å². The van der Waals surface area contributed by atoms with Crippen molar-refractivity contribution in [2.24, 2.45) is 0 Å². The molecule has 1 N–H and O–H groups in total. The molecule has 2 fully saturated rings. The standard InChI is InChI=1S/C21H32N2O4.C20H30N2O4.C2H3N/c1-21(2,3)27-20(25)23-15-17(14-18(23)19(24)26-5)22(4)13-9-12-16-10-7-6-8-11-16;1-20(2,3)26-19(24)22-14-16(13-17(22)18(23)25-4)21-12-8-11-15-9-6-5-7-10-15;1-2-3/h6-8,10-11,17-18H,9,12-15H2,1-5H3;5-7,9-10,16-17,21H,8,11-14H2,1-4H3;1H3/t17-,18-;16-,17-;/m00./s1. The first-order chi connectivity index (χ1) is 26.4. The zero-order chi connectivity index (χ0) is 41.9. The van der Waals surface area contributed by atoms with E-state index in [1.54, 1.807) is 6.07 Å². The largest absolute Gasteiger partial charge is 0.467 e. The molecule has 0 saturated carbocycles. The quantitative estimate of drug-likeness (QED) is 0.145. The number of carbonyl (C=O) groups excluding carboxylic acids is 4. The SMILES string of the molecule is CC#N.COC(=O)[C@@H]1C[C@H](N(C)CCCc2ccccc2)CN1C(=O)OC(C)(C)C.COC(=O)[C@@H]1C[C@H](NCCCc2ccccc2)CN1C(=O)OC(C)(C)C. The van der Waals surface area contributed by atoms with Gasteiger partial charge in [-0.2, -0.15) is 5.26 Å². The maximum atomic E-state index is 12.5.